The topological polar surface area (TPSA) is 169 Å². The zero-order valence-corrected chi connectivity index (χ0v) is 18.6. The van der Waals surface area contributed by atoms with Crippen molar-refractivity contribution in [2.75, 3.05) is 7.11 Å². The van der Waals surface area contributed by atoms with Gasteiger partial charge in [0.2, 0.25) is 5.91 Å². The second-order valence-electron chi connectivity index (χ2n) is 7.14. The Balaban J connectivity index is 1.88. The van der Waals surface area contributed by atoms with Gasteiger partial charge >= 0.3 is 5.97 Å². The van der Waals surface area contributed by atoms with Crippen LogP contribution < -0.4 is 9.46 Å². The Bertz CT molecular complexity index is 1340. The number of aryl methyl sites for hydroxylation is 2. The van der Waals surface area contributed by atoms with Crippen LogP contribution in [0.15, 0.2) is 41.3 Å². The lowest BCUT2D eigenvalue weighted by Gasteiger charge is -2.08. The zero-order valence-electron chi connectivity index (χ0n) is 17.7. The number of sulfonamides is 1. The lowest BCUT2D eigenvalue weighted by atomic mass is 10.0. The molecule has 0 spiro atoms. The zero-order chi connectivity index (χ0) is 24.3. The van der Waals surface area contributed by atoms with Crippen molar-refractivity contribution in [1.82, 2.24) is 9.71 Å². The van der Waals surface area contributed by atoms with Crippen LogP contribution in [0.2, 0.25) is 0 Å². The number of carboxylic acids is 1. The van der Waals surface area contributed by atoms with E-state index in [0.717, 1.165) is 0 Å². The third-order valence-electron chi connectivity index (χ3n) is 5.09. The molecule has 11 nitrogen and oxygen atoms in total. The van der Waals surface area contributed by atoms with Crippen LogP contribution in [0.4, 0.5) is 5.69 Å². The number of methoxy groups -OCH3 is 1. The number of nitrogens with zero attached hydrogens (tertiary/aromatic N) is 1. The van der Waals surface area contributed by atoms with Gasteiger partial charge in [0.05, 0.1) is 16.9 Å². The van der Waals surface area contributed by atoms with Gasteiger partial charge in [-0.2, -0.15) is 0 Å². The van der Waals surface area contributed by atoms with Gasteiger partial charge in [-0.05, 0) is 54.3 Å². The van der Waals surface area contributed by atoms with E-state index in [9.17, 15) is 33.2 Å². The smallest absolute Gasteiger partial charge is 0.352 e. The van der Waals surface area contributed by atoms with E-state index in [-0.39, 0.29) is 40.2 Å². The Labute approximate surface area is 188 Å². The molecule has 0 fully saturated rings. The molecule has 0 saturated heterocycles. The van der Waals surface area contributed by atoms with Gasteiger partial charge in [-0.15, -0.1) is 0 Å². The fraction of sp³-hybridized carbons (Fsp3) is 0.238. The highest BCUT2D eigenvalue weighted by Crippen LogP contribution is 2.32. The van der Waals surface area contributed by atoms with Gasteiger partial charge in [0, 0.05) is 17.9 Å². The van der Waals surface area contributed by atoms with E-state index >= 15 is 0 Å². The predicted molar refractivity (Wildman–Crippen MR) is 118 cm³/mol. The molecule has 3 N–H and O–H groups in total. The Kier molecular flexibility index (Phi) is 6.68. The highest BCUT2D eigenvalue weighted by molar-refractivity contribution is 7.90. The number of carbonyl (C=O) groups is 2. The van der Waals surface area contributed by atoms with E-state index in [4.69, 9.17) is 4.74 Å². The molecule has 1 heterocycles. The largest absolute Gasteiger partial charge is 0.497 e. The number of nitro benzene ring substituents is 1. The summed E-state index contributed by atoms with van der Waals surface area (Å²) in [6.07, 6.45) is -0.0207. The Morgan fingerprint density at radius 3 is 2.42 bits per heavy atom. The second kappa shape index (κ2) is 9.28. The number of carboxylic acid groups (broad SMARTS) is 1. The summed E-state index contributed by atoms with van der Waals surface area (Å²) in [5.41, 5.74) is 0.290. The number of aromatic amines is 1. The SMILES string of the molecule is CCc1cc([N+](=O)[O-])c2[nH]c(C(=O)O)c(CCC(=O)NS(=O)(=O)c3ccc(OC)cc3)c2c1. The third-order valence-corrected chi connectivity index (χ3v) is 6.48. The number of H-pyrrole nitrogens is 1. The molecule has 1 amide bonds. The lowest BCUT2D eigenvalue weighted by molar-refractivity contribution is -0.383. The standard InChI is InChI=1S/C21H21N3O8S/c1-3-12-10-16-15(20(21(26)27)22-19(16)17(11-12)24(28)29)8-9-18(25)23-33(30,31)14-6-4-13(32-2)5-7-14/h4-7,10-11,22H,3,8-9H2,1-2H3,(H,23,25)(H,26,27). The van der Waals surface area contributed by atoms with Gasteiger partial charge < -0.3 is 14.8 Å². The number of benzene rings is 2. The Morgan fingerprint density at radius 1 is 1.21 bits per heavy atom. The van der Waals surface area contributed by atoms with E-state index in [2.05, 4.69) is 4.98 Å². The van der Waals surface area contributed by atoms with E-state index < -0.39 is 26.8 Å². The molecular formula is C21H21N3O8S. The average Bonchev–Trinajstić information content (AvgIpc) is 3.15. The van der Waals surface area contributed by atoms with E-state index in [0.29, 0.717) is 23.1 Å². The molecule has 0 unspecified atom stereocenters. The minimum absolute atomic E-state index is 0.0378. The molecule has 33 heavy (non-hydrogen) atoms. The summed E-state index contributed by atoms with van der Waals surface area (Å²) in [6.45, 7) is 1.80. The van der Waals surface area contributed by atoms with Gasteiger partial charge in [-0.3, -0.25) is 14.9 Å². The molecule has 174 valence electrons. The first-order valence-electron chi connectivity index (χ1n) is 9.82. The first-order valence-corrected chi connectivity index (χ1v) is 11.3. The normalized spacial score (nSPS) is 11.3. The highest BCUT2D eigenvalue weighted by Gasteiger charge is 2.25. The van der Waals surface area contributed by atoms with Crippen LogP contribution in [0.25, 0.3) is 10.9 Å². The summed E-state index contributed by atoms with van der Waals surface area (Å²) in [5, 5.41) is 21.3. The number of nitro groups is 1. The summed E-state index contributed by atoms with van der Waals surface area (Å²) in [6, 6.07) is 8.42. The number of rotatable bonds is 9. The van der Waals surface area contributed by atoms with Crippen molar-refractivity contribution in [2.45, 2.75) is 31.1 Å². The predicted octanol–water partition coefficient (Wildman–Crippen LogP) is 2.78. The molecule has 0 bridgehead atoms. The van der Waals surface area contributed by atoms with Crippen molar-refractivity contribution < 1.29 is 32.8 Å². The monoisotopic (exact) mass is 475 g/mol. The summed E-state index contributed by atoms with van der Waals surface area (Å²) >= 11 is 0. The molecule has 0 atom stereocenters. The Hall–Kier alpha value is -3.93. The number of non-ortho nitro benzene ring substituents is 1. The number of amides is 1. The highest BCUT2D eigenvalue weighted by atomic mass is 32.2. The molecule has 0 aliphatic rings. The maximum absolute atomic E-state index is 12.4. The fourth-order valence-corrected chi connectivity index (χ4v) is 4.45. The fourth-order valence-electron chi connectivity index (χ4n) is 3.43. The van der Waals surface area contributed by atoms with Crippen molar-refractivity contribution in [3.63, 3.8) is 0 Å². The molecule has 0 aliphatic heterocycles. The number of carbonyl (C=O) groups excluding carboxylic acids is 1. The maximum Gasteiger partial charge on any atom is 0.352 e. The van der Waals surface area contributed by atoms with Crippen molar-refractivity contribution in [1.29, 1.82) is 0 Å². The first kappa shape index (κ1) is 23.7. The van der Waals surface area contributed by atoms with Crippen molar-refractivity contribution in [3.05, 3.63) is 63.3 Å². The maximum atomic E-state index is 12.4. The lowest BCUT2D eigenvalue weighted by Crippen LogP contribution is -2.30. The first-order chi connectivity index (χ1) is 15.6. The quantitative estimate of drug-likeness (QED) is 0.313. The van der Waals surface area contributed by atoms with Crippen LogP contribution in [0, 0.1) is 10.1 Å². The van der Waals surface area contributed by atoms with Crippen molar-refractivity contribution in [2.24, 2.45) is 0 Å². The van der Waals surface area contributed by atoms with Crippen LogP contribution in [0.1, 0.15) is 35.0 Å². The van der Waals surface area contributed by atoms with Crippen molar-refractivity contribution >= 4 is 38.5 Å². The summed E-state index contributed by atoms with van der Waals surface area (Å²) < 4.78 is 31.8. The number of aromatic nitrogens is 1. The van der Waals surface area contributed by atoms with Crippen LogP contribution in [0.5, 0.6) is 5.75 Å². The molecule has 12 heteroatoms. The molecule has 0 radical (unpaired) electrons. The van der Waals surface area contributed by atoms with Gasteiger partial charge in [0.15, 0.2) is 0 Å². The summed E-state index contributed by atoms with van der Waals surface area (Å²) in [5.74, 6) is -1.75. The number of nitrogens with one attached hydrogen (secondary N) is 2. The molecule has 3 rings (SSSR count). The molecule has 3 aromatic rings. The van der Waals surface area contributed by atoms with E-state index in [1.807, 2.05) is 4.72 Å². The van der Waals surface area contributed by atoms with Gasteiger partial charge in [-0.1, -0.05) is 6.92 Å². The van der Waals surface area contributed by atoms with Crippen LogP contribution in [0.3, 0.4) is 0 Å². The molecule has 1 aromatic heterocycles. The Morgan fingerprint density at radius 2 is 1.88 bits per heavy atom. The van der Waals surface area contributed by atoms with Crippen LogP contribution in [-0.2, 0) is 27.7 Å². The minimum atomic E-state index is -4.14. The minimum Gasteiger partial charge on any atom is -0.497 e. The van der Waals surface area contributed by atoms with Crippen molar-refractivity contribution in [3.8, 4) is 5.75 Å². The summed E-state index contributed by atoms with van der Waals surface area (Å²) in [4.78, 5) is 37.4. The number of aromatic carboxylic acids is 1. The summed E-state index contributed by atoms with van der Waals surface area (Å²) in [7, 11) is -2.71. The third kappa shape index (κ3) is 4.95. The number of hydrogen-bond acceptors (Lipinski definition) is 7. The van der Waals surface area contributed by atoms with Gasteiger partial charge in [0.1, 0.15) is 17.0 Å². The average molecular weight is 475 g/mol. The number of hydrogen-bond donors (Lipinski definition) is 3. The van der Waals surface area contributed by atoms with E-state index in [1.165, 1.54) is 37.4 Å². The van der Waals surface area contributed by atoms with Crippen LogP contribution in [-0.4, -0.2) is 42.4 Å². The molecular weight excluding hydrogens is 454 g/mol. The van der Waals surface area contributed by atoms with Crippen LogP contribution >= 0.6 is 0 Å². The molecule has 2 aromatic carbocycles. The van der Waals surface area contributed by atoms with E-state index in [1.54, 1.807) is 13.0 Å². The van der Waals surface area contributed by atoms with Gasteiger partial charge in [-0.25, -0.2) is 17.9 Å². The van der Waals surface area contributed by atoms with Gasteiger partial charge in [0.25, 0.3) is 15.7 Å². The second-order valence-corrected chi connectivity index (χ2v) is 8.82. The molecule has 0 saturated carbocycles. The number of fused-ring (bicyclic) bond motifs is 1. The number of ether oxygens (including phenoxy) is 1. The molecule has 0 aliphatic carbocycles.